The molecule has 2 aromatic carbocycles. The fourth-order valence-corrected chi connectivity index (χ4v) is 3.94. The van der Waals surface area contributed by atoms with Gasteiger partial charge < -0.3 is 13.9 Å². The van der Waals surface area contributed by atoms with Crippen molar-refractivity contribution >= 4 is 16.9 Å². The molecule has 4 nitrogen and oxygen atoms in total. The Hall–Kier alpha value is -2.96. The quantitative estimate of drug-likeness (QED) is 0.536. The first kappa shape index (κ1) is 19.4. The predicted molar refractivity (Wildman–Crippen MR) is 99.8 cm³/mol. The van der Waals surface area contributed by atoms with Gasteiger partial charge in [-0.1, -0.05) is 6.07 Å². The Labute approximate surface area is 165 Å². The minimum Gasteiger partial charge on any atom is -0.486 e. The smallest absolute Gasteiger partial charge is 0.416 e. The third-order valence-corrected chi connectivity index (χ3v) is 5.41. The Morgan fingerprint density at radius 3 is 2.76 bits per heavy atom. The molecule has 152 valence electrons. The average Bonchev–Trinajstić information content (AvgIpc) is 3.26. The highest BCUT2D eigenvalue weighted by molar-refractivity contribution is 5.86. The molecule has 29 heavy (non-hydrogen) atoms. The molecule has 1 atom stereocenters. The average molecular weight is 404 g/mol. The van der Waals surface area contributed by atoms with E-state index < -0.39 is 11.7 Å². The molecule has 1 unspecified atom stereocenters. The van der Waals surface area contributed by atoms with Crippen molar-refractivity contribution in [1.82, 2.24) is 0 Å². The van der Waals surface area contributed by atoms with Gasteiger partial charge in [-0.05, 0) is 54.7 Å². The lowest BCUT2D eigenvalue weighted by Gasteiger charge is -2.17. The van der Waals surface area contributed by atoms with Crippen molar-refractivity contribution < 1.29 is 31.9 Å². The van der Waals surface area contributed by atoms with Crippen LogP contribution >= 0.6 is 0 Å². The van der Waals surface area contributed by atoms with Crippen molar-refractivity contribution in [1.29, 1.82) is 0 Å². The van der Waals surface area contributed by atoms with Crippen LogP contribution in [0.2, 0.25) is 0 Å². The van der Waals surface area contributed by atoms with E-state index in [9.17, 15) is 18.0 Å². The Morgan fingerprint density at radius 1 is 1.24 bits per heavy atom. The monoisotopic (exact) mass is 404 g/mol. The number of rotatable bonds is 4. The van der Waals surface area contributed by atoms with Crippen LogP contribution in [0.5, 0.6) is 5.75 Å². The summed E-state index contributed by atoms with van der Waals surface area (Å²) in [4.78, 5) is 11.5. The molecule has 0 radical (unpaired) electrons. The first-order chi connectivity index (χ1) is 13.8. The molecule has 1 aliphatic carbocycles. The number of fused-ring (bicyclic) bond motifs is 2. The minimum atomic E-state index is -4.36. The number of carbonyl (C=O) groups is 1. The van der Waals surface area contributed by atoms with E-state index in [2.05, 4.69) is 4.74 Å². The second-order valence-corrected chi connectivity index (χ2v) is 7.12. The number of ether oxygens (including phenoxy) is 2. The summed E-state index contributed by atoms with van der Waals surface area (Å²) in [6.45, 7) is 1.52. The normalized spacial score (nSPS) is 16.1. The summed E-state index contributed by atoms with van der Waals surface area (Å²) in [5.41, 5.74) is 2.48. The van der Waals surface area contributed by atoms with Gasteiger partial charge in [-0.15, -0.1) is 0 Å². The lowest BCUT2D eigenvalue weighted by atomic mass is 9.98. The van der Waals surface area contributed by atoms with E-state index in [1.807, 2.05) is 0 Å². The fourth-order valence-electron chi connectivity index (χ4n) is 3.94. The van der Waals surface area contributed by atoms with Crippen LogP contribution in [0.1, 0.15) is 40.3 Å². The summed E-state index contributed by atoms with van der Waals surface area (Å²) in [6.07, 6.45) is -1.89. The molecule has 7 heteroatoms. The fraction of sp³-hybridized carbons (Fsp3) is 0.318. The molecule has 1 aliphatic rings. The highest BCUT2D eigenvalue weighted by Crippen LogP contribution is 2.42. The zero-order valence-electron chi connectivity index (χ0n) is 15.9. The molecule has 4 rings (SSSR count). The molecular formula is C22H19F3O4. The number of hydrogen-bond acceptors (Lipinski definition) is 4. The van der Waals surface area contributed by atoms with Gasteiger partial charge in [0.05, 0.1) is 25.4 Å². The molecule has 0 aliphatic heterocycles. The first-order valence-electron chi connectivity index (χ1n) is 9.21. The molecule has 0 bridgehead atoms. The van der Waals surface area contributed by atoms with E-state index in [4.69, 9.17) is 9.15 Å². The van der Waals surface area contributed by atoms with Gasteiger partial charge in [0.2, 0.25) is 0 Å². The highest BCUT2D eigenvalue weighted by atomic mass is 19.4. The summed E-state index contributed by atoms with van der Waals surface area (Å²) in [6, 6.07) is 7.95. The molecule has 0 fully saturated rings. The van der Waals surface area contributed by atoms with Crippen LogP contribution in [0.4, 0.5) is 13.2 Å². The molecule has 0 N–H and O–H groups in total. The summed E-state index contributed by atoms with van der Waals surface area (Å²) in [5.74, 6) is 0.205. The van der Waals surface area contributed by atoms with E-state index in [1.165, 1.54) is 26.4 Å². The van der Waals surface area contributed by atoms with Gasteiger partial charge >= 0.3 is 12.1 Å². The molecule has 0 saturated carbocycles. The van der Waals surface area contributed by atoms with Gasteiger partial charge in [0.15, 0.2) is 0 Å². The maximum atomic E-state index is 13.1. The van der Waals surface area contributed by atoms with E-state index >= 15 is 0 Å². The summed E-state index contributed by atoms with van der Waals surface area (Å²) in [7, 11) is 1.33. The van der Waals surface area contributed by atoms with Crippen LogP contribution in [0.25, 0.3) is 11.0 Å². The molecule has 1 heterocycles. The van der Waals surface area contributed by atoms with Crippen molar-refractivity contribution in [2.75, 3.05) is 7.11 Å². The highest BCUT2D eigenvalue weighted by Gasteiger charge is 2.36. The Balaban J connectivity index is 1.58. The molecule has 0 saturated heterocycles. The maximum absolute atomic E-state index is 13.1. The van der Waals surface area contributed by atoms with Crippen molar-refractivity contribution in [2.24, 2.45) is 0 Å². The zero-order chi connectivity index (χ0) is 20.8. The van der Waals surface area contributed by atoms with Gasteiger partial charge in [-0.25, -0.2) is 0 Å². The second kappa shape index (κ2) is 7.13. The first-order valence-corrected chi connectivity index (χ1v) is 9.21. The number of methoxy groups -OCH3 is 1. The lowest BCUT2D eigenvalue weighted by molar-refractivity contribution is -0.140. The van der Waals surface area contributed by atoms with E-state index in [0.29, 0.717) is 29.7 Å². The van der Waals surface area contributed by atoms with Crippen LogP contribution in [-0.2, 0) is 28.5 Å². The molecule has 0 amide bonds. The third-order valence-electron chi connectivity index (χ3n) is 5.41. The number of halogens is 3. The number of hydrogen-bond donors (Lipinski definition) is 0. The van der Waals surface area contributed by atoms with Gasteiger partial charge in [0, 0.05) is 17.0 Å². The third kappa shape index (κ3) is 3.57. The van der Waals surface area contributed by atoms with Crippen molar-refractivity contribution in [3.8, 4) is 5.75 Å². The number of carbonyl (C=O) groups excluding carboxylic acids is 1. The van der Waals surface area contributed by atoms with Crippen LogP contribution in [0.3, 0.4) is 0 Å². The van der Waals surface area contributed by atoms with Crippen LogP contribution in [-0.4, -0.2) is 13.1 Å². The summed E-state index contributed by atoms with van der Waals surface area (Å²) < 4.78 is 55.7. The lowest BCUT2D eigenvalue weighted by Crippen LogP contribution is -2.10. The molecular weight excluding hydrogens is 385 g/mol. The van der Waals surface area contributed by atoms with Crippen molar-refractivity contribution in [2.45, 2.75) is 38.5 Å². The summed E-state index contributed by atoms with van der Waals surface area (Å²) in [5, 5.41) is 0.792. The largest absolute Gasteiger partial charge is 0.486 e. The van der Waals surface area contributed by atoms with E-state index in [1.54, 1.807) is 18.2 Å². The maximum Gasteiger partial charge on any atom is 0.416 e. The predicted octanol–water partition coefficient (Wildman–Crippen LogP) is 5.54. The number of furan rings is 1. The van der Waals surface area contributed by atoms with E-state index in [-0.39, 0.29) is 24.1 Å². The van der Waals surface area contributed by atoms with Crippen LogP contribution < -0.4 is 4.74 Å². The topological polar surface area (TPSA) is 48.7 Å². The van der Waals surface area contributed by atoms with Gasteiger partial charge in [0.1, 0.15) is 17.4 Å². The number of esters is 1. The minimum absolute atomic E-state index is 0.112. The molecule has 3 aromatic rings. The van der Waals surface area contributed by atoms with E-state index in [0.717, 1.165) is 22.6 Å². The van der Waals surface area contributed by atoms with Gasteiger partial charge in [-0.3, -0.25) is 4.79 Å². The van der Waals surface area contributed by atoms with Gasteiger partial charge in [-0.2, -0.15) is 13.2 Å². The SMILES string of the molecule is COC(=O)Cc1coc2cc(OC3CCc4c3ccc(C(F)(F)F)c4C)ccc12. The van der Waals surface area contributed by atoms with Crippen molar-refractivity contribution in [3.63, 3.8) is 0 Å². The summed E-state index contributed by atoms with van der Waals surface area (Å²) >= 11 is 0. The standard InChI is InChI=1S/C22H19F3O4/c1-12-15-6-8-19(17(15)5-7-18(12)22(23,24)25)29-14-3-4-16-13(9-21(26)27-2)11-28-20(16)10-14/h3-5,7,10-11,19H,6,8-9H2,1-2H3. The second-order valence-electron chi connectivity index (χ2n) is 7.12. The van der Waals surface area contributed by atoms with Crippen LogP contribution in [0, 0.1) is 6.92 Å². The zero-order valence-corrected chi connectivity index (χ0v) is 15.9. The Morgan fingerprint density at radius 2 is 2.03 bits per heavy atom. The molecule has 1 aromatic heterocycles. The van der Waals surface area contributed by atoms with Crippen LogP contribution in [0.15, 0.2) is 41.0 Å². The Bertz CT molecular complexity index is 1080. The molecule has 0 spiro atoms. The number of benzene rings is 2. The Kier molecular flexibility index (Phi) is 4.76. The number of alkyl halides is 3. The van der Waals surface area contributed by atoms with Gasteiger partial charge in [0.25, 0.3) is 0 Å². The van der Waals surface area contributed by atoms with Crippen molar-refractivity contribution in [3.05, 3.63) is 64.4 Å².